The maximum Gasteiger partial charge on any atom is 0.242 e. The molecule has 0 radical (unpaired) electrons. The summed E-state index contributed by atoms with van der Waals surface area (Å²) in [6.45, 7) is 2.78. The first-order chi connectivity index (χ1) is 13.4. The van der Waals surface area contributed by atoms with Gasteiger partial charge in [0.15, 0.2) is 11.6 Å². The van der Waals surface area contributed by atoms with Crippen molar-refractivity contribution in [2.24, 2.45) is 0 Å². The first-order valence-electron chi connectivity index (χ1n) is 9.55. The number of nitrogens with one attached hydrogen (secondary N) is 1. The number of carbonyl (C=O) groups is 1. The van der Waals surface area contributed by atoms with Crippen LogP contribution >= 0.6 is 0 Å². The topological polar surface area (TPSA) is 54.5 Å². The highest BCUT2D eigenvalue weighted by molar-refractivity contribution is 5.88. The van der Waals surface area contributed by atoms with E-state index in [-0.39, 0.29) is 23.3 Å². The highest BCUT2D eigenvalue weighted by Gasteiger charge is 2.50. The number of likely N-dealkylation sites (N-methyl/N-ethyl adjacent to an activating group) is 1. The van der Waals surface area contributed by atoms with E-state index >= 15 is 0 Å². The lowest BCUT2D eigenvalue weighted by molar-refractivity contribution is -0.131. The van der Waals surface area contributed by atoms with Crippen LogP contribution in [0, 0.1) is 11.6 Å². The predicted molar refractivity (Wildman–Crippen MR) is 101 cm³/mol. The fourth-order valence-corrected chi connectivity index (χ4v) is 4.21. The summed E-state index contributed by atoms with van der Waals surface area (Å²) < 4.78 is 33.5. The Balaban J connectivity index is 1.63. The second-order valence-corrected chi connectivity index (χ2v) is 7.46. The molecular formula is C21H23F2N3O2. The summed E-state index contributed by atoms with van der Waals surface area (Å²) in [5.41, 5.74) is 1.10. The zero-order valence-electron chi connectivity index (χ0n) is 16.0. The standard InChI is InChI=1S/C21H23F2N3O2/c1-3-28-19-11-14(15(22)12-16(19)23)13-5-8-24-18(10-13)17-4-6-21(25-17)7-9-26(2)20(21)27/h5,8,10-12,17,25H,3-4,6-7,9H2,1-2H3/t17-,21-/m0/s1. The number of halogens is 2. The number of aromatic nitrogens is 1. The number of rotatable bonds is 4. The smallest absolute Gasteiger partial charge is 0.242 e. The molecule has 1 spiro atoms. The molecule has 2 fully saturated rings. The second-order valence-electron chi connectivity index (χ2n) is 7.46. The molecular weight excluding hydrogens is 364 g/mol. The number of carbonyl (C=O) groups excluding carboxylic acids is 1. The molecule has 2 saturated heterocycles. The number of ether oxygens (including phenoxy) is 1. The number of pyridine rings is 1. The molecule has 2 atom stereocenters. The zero-order valence-corrected chi connectivity index (χ0v) is 16.0. The number of nitrogens with zero attached hydrogens (tertiary/aromatic N) is 2. The fraction of sp³-hybridized carbons (Fsp3) is 0.429. The molecule has 2 aliphatic rings. The summed E-state index contributed by atoms with van der Waals surface area (Å²) in [6.07, 6.45) is 3.93. The minimum atomic E-state index is -0.722. The predicted octanol–water partition coefficient (Wildman–Crippen LogP) is 3.45. The minimum Gasteiger partial charge on any atom is -0.491 e. The molecule has 2 aliphatic heterocycles. The minimum absolute atomic E-state index is 0.0230. The maximum atomic E-state index is 14.4. The van der Waals surface area contributed by atoms with Crippen LogP contribution in [0.15, 0.2) is 30.5 Å². The van der Waals surface area contributed by atoms with Gasteiger partial charge in [0.1, 0.15) is 11.4 Å². The second kappa shape index (κ2) is 7.13. The maximum absolute atomic E-state index is 14.4. The fourth-order valence-electron chi connectivity index (χ4n) is 4.21. The Labute approximate surface area is 162 Å². The highest BCUT2D eigenvalue weighted by atomic mass is 19.1. The average Bonchev–Trinajstić information content (AvgIpc) is 3.24. The lowest BCUT2D eigenvalue weighted by atomic mass is 9.96. The van der Waals surface area contributed by atoms with Crippen LogP contribution < -0.4 is 10.1 Å². The summed E-state index contributed by atoms with van der Waals surface area (Å²) in [4.78, 5) is 18.7. The van der Waals surface area contributed by atoms with Crippen LogP contribution in [0.4, 0.5) is 8.78 Å². The normalized spacial score (nSPS) is 24.4. The van der Waals surface area contributed by atoms with Gasteiger partial charge in [-0.3, -0.25) is 15.1 Å². The van der Waals surface area contributed by atoms with Gasteiger partial charge in [0.25, 0.3) is 0 Å². The van der Waals surface area contributed by atoms with Crippen LogP contribution in [0.2, 0.25) is 0 Å². The van der Waals surface area contributed by atoms with Crippen molar-refractivity contribution in [3.63, 3.8) is 0 Å². The highest BCUT2D eigenvalue weighted by Crippen LogP contribution is 2.39. The molecule has 0 unspecified atom stereocenters. The van der Waals surface area contributed by atoms with E-state index in [0.717, 1.165) is 37.6 Å². The van der Waals surface area contributed by atoms with E-state index in [4.69, 9.17) is 4.74 Å². The third-order valence-corrected chi connectivity index (χ3v) is 5.71. The monoisotopic (exact) mass is 387 g/mol. The SMILES string of the molecule is CCOc1cc(-c2ccnc([C@@H]3CC[C@@]4(CCN(C)C4=O)N3)c2)c(F)cc1F. The van der Waals surface area contributed by atoms with Crippen molar-refractivity contribution < 1.29 is 18.3 Å². The summed E-state index contributed by atoms with van der Waals surface area (Å²) in [6, 6.07) is 5.63. The first-order valence-corrected chi connectivity index (χ1v) is 9.55. The molecule has 28 heavy (non-hydrogen) atoms. The van der Waals surface area contributed by atoms with Gasteiger partial charge in [0.05, 0.1) is 18.3 Å². The number of hydrogen-bond acceptors (Lipinski definition) is 4. The van der Waals surface area contributed by atoms with Crippen LogP contribution in [0.3, 0.4) is 0 Å². The molecule has 2 aromatic rings. The molecule has 0 bridgehead atoms. The van der Waals surface area contributed by atoms with Crippen LogP contribution in [-0.2, 0) is 4.79 Å². The average molecular weight is 387 g/mol. The van der Waals surface area contributed by atoms with Crippen molar-refractivity contribution in [2.45, 2.75) is 37.8 Å². The van der Waals surface area contributed by atoms with Crippen molar-refractivity contribution in [1.82, 2.24) is 15.2 Å². The summed E-state index contributed by atoms with van der Waals surface area (Å²) >= 11 is 0. The van der Waals surface area contributed by atoms with Gasteiger partial charge in [-0.25, -0.2) is 8.78 Å². The molecule has 1 N–H and O–H groups in total. The zero-order chi connectivity index (χ0) is 19.9. The lowest BCUT2D eigenvalue weighted by Crippen LogP contribution is -2.47. The van der Waals surface area contributed by atoms with Gasteiger partial charge in [0, 0.05) is 31.4 Å². The van der Waals surface area contributed by atoms with E-state index in [2.05, 4.69) is 10.3 Å². The summed E-state index contributed by atoms with van der Waals surface area (Å²) in [5, 5.41) is 3.46. The van der Waals surface area contributed by atoms with E-state index in [0.29, 0.717) is 12.2 Å². The van der Waals surface area contributed by atoms with Gasteiger partial charge in [-0.15, -0.1) is 0 Å². The van der Waals surface area contributed by atoms with Crippen molar-refractivity contribution in [1.29, 1.82) is 0 Å². The van der Waals surface area contributed by atoms with E-state index in [9.17, 15) is 13.6 Å². The number of amides is 1. The quantitative estimate of drug-likeness (QED) is 0.873. The van der Waals surface area contributed by atoms with Crippen molar-refractivity contribution in [2.75, 3.05) is 20.2 Å². The van der Waals surface area contributed by atoms with Crippen LogP contribution in [0.1, 0.15) is 37.9 Å². The number of likely N-dealkylation sites (tertiary alicyclic amines) is 1. The number of hydrogen-bond donors (Lipinski definition) is 1. The Morgan fingerprint density at radius 1 is 1.29 bits per heavy atom. The summed E-state index contributed by atoms with van der Waals surface area (Å²) in [5.74, 6) is -1.23. The molecule has 7 heteroatoms. The lowest BCUT2D eigenvalue weighted by Gasteiger charge is -2.23. The van der Waals surface area contributed by atoms with Gasteiger partial charge in [-0.05, 0) is 49.9 Å². The van der Waals surface area contributed by atoms with Crippen molar-refractivity contribution >= 4 is 5.91 Å². The van der Waals surface area contributed by atoms with Gasteiger partial charge < -0.3 is 9.64 Å². The largest absolute Gasteiger partial charge is 0.491 e. The van der Waals surface area contributed by atoms with Gasteiger partial charge in [-0.2, -0.15) is 0 Å². The Kier molecular flexibility index (Phi) is 4.79. The molecule has 0 saturated carbocycles. The molecule has 148 valence electrons. The van der Waals surface area contributed by atoms with E-state index in [1.54, 1.807) is 30.2 Å². The third-order valence-electron chi connectivity index (χ3n) is 5.71. The van der Waals surface area contributed by atoms with Gasteiger partial charge in [-0.1, -0.05) is 0 Å². The molecule has 0 aliphatic carbocycles. The number of benzene rings is 1. The Hall–Kier alpha value is -2.54. The Morgan fingerprint density at radius 2 is 2.11 bits per heavy atom. The molecule has 1 aromatic carbocycles. The molecule has 1 amide bonds. The first kappa shape index (κ1) is 18.8. The molecule has 3 heterocycles. The van der Waals surface area contributed by atoms with Crippen LogP contribution in [0.25, 0.3) is 11.1 Å². The summed E-state index contributed by atoms with van der Waals surface area (Å²) in [7, 11) is 1.82. The Morgan fingerprint density at radius 3 is 2.82 bits per heavy atom. The molecule has 1 aromatic heterocycles. The molecule has 4 rings (SSSR count). The Bertz CT molecular complexity index is 921. The van der Waals surface area contributed by atoms with Crippen molar-refractivity contribution in [3.05, 3.63) is 47.8 Å². The van der Waals surface area contributed by atoms with E-state index < -0.39 is 17.2 Å². The van der Waals surface area contributed by atoms with Crippen LogP contribution in [-0.4, -0.2) is 41.5 Å². The van der Waals surface area contributed by atoms with Crippen molar-refractivity contribution in [3.8, 4) is 16.9 Å². The van der Waals surface area contributed by atoms with Crippen LogP contribution in [0.5, 0.6) is 5.75 Å². The van der Waals surface area contributed by atoms with E-state index in [1.807, 2.05) is 7.05 Å². The molecule has 5 nitrogen and oxygen atoms in total. The van der Waals surface area contributed by atoms with Gasteiger partial charge >= 0.3 is 0 Å². The van der Waals surface area contributed by atoms with E-state index in [1.165, 1.54) is 6.07 Å². The third kappa shape index (κ3) is 3.13. The van der Waals surface area contributed by atoms with Gasteiger partial charge in [0.2, 0.25) is 5.91 Å².